The molecule has 0 N–H and O–H groups in total. The van der Waals surface area contributed by atoms with Gasteiger partial charge in [0.05, 0.1) is 26.2 Å². The molecule has 2 aromatic heterocycles. The minimum Gasteiger partial charge on any atom is -0.497 e. The SMILES string of the molecule is COc1cc(OC)cc(-c2nnc(SCC(=O)N3CCN(c4cnccn4)CC3)o2)c1. The summed E-state index contributed by atoms with van der Waals surface area (Å²) < 4.78 is 16.3. The number of nitrogens with zero attached hydrogens (tertiary/aromatic N) is 6. The number of carbonyl (C=O) groups is 1. The van der Waals surface area contributed by atoms with Gasteiger partial charge in [0.2, 0.25) is 11.8 Å². The van der Waals surface area contributed by atoms with Gasteiger partial charge in [-0.2, -0.15) is 0 Å². The summed E-state index contributed by atoms with van der Waals surface area (Å²) in [4.78, 5) is 25.0. The summed E-state index contributed by atoms with van der Waals surface area (Å²) in [6.45, 7) is 2.71. The zero-order valence-corrected chi connectivity index (χ0v) is 18.0. The first-order valence-corrected chi connectivity index (χ1v) is 10.6. The van der Waals surface area contributed by atoms with Crippen molar-refractivity contribution in [3.63, 3.8) is 0 Å². The van der Waals surface area contributed by atoms with Gasteiger partial charge in [-0.1, -0.05) is 11.8 Å². The first-order valence-electron chi connectivity index (χ1n) is 9.65. The predicted molar refractivity (Wildman–Crippen MR) is 114 cm³/mol. The lowest BCUT2D eigenvalue weighted by Gasteiger charge is -2.35. The van der Waals surface area contributed by atoms with E-state index in [-0.39, 0.29) is 11.7 Å². The summed E-state index contributed by atoms with van der Waals surface area (Å²) in [5.74, 6) is 2.68. The molecule has 0 radical (unpaired) electrons. The van der Waals surface area contributed by atoms with Crippen LogP contribution in [-0.2, 0) is 4.79 Å². The summed E-state index contributed by atoms with van der Waals surface area (Å²) in [5, 5.41) is 8.46. The summed E-state index contributed by atoms with van der Waals surface area (Å²) in [6.07, 6.45) is 5.05. The number of hydrogen-bond acceptors (Lipinski definition) is 10. The Morgan fingerprint density at radius 1 is 1.06 bits per heavy atom. The summed E-state index contributed by atoms with van der Waals surface area (Å²) in [7, 11) is 3.15. The number of piperazine rings is 1. The van der Waals surface area contributed by atoms with Crippen LogP contribution < -0.4 is 14.4 Å². The Hall–Kier alpha value is -3.34. The highest BCUT2D eigenvalue weighted by Gasteiger charge is 2.23. The van der Waals surface area contributed by atoms with E-state index in [0.29, 0.717) is 41.3 Å². The summed E-state index contributed by atoms with van der Waals surface area (Å²) in [6, 6.07) is 5.33. The Kier molecular flexibility index (Phi) is 6.51. The second-order valence-electron chi connectivity index (χ2n) is 6.69. The van der Waals surface area contributed by atoms with E-state index in [0.717, 1.165) is 18.9 Å². The molecule has 4 rings (SSSR count). The van der Waals surface area contributed by atoms with E-state index in [9.17, 15) is 4.79 Å². The van der Waals surface area contributed by atoms with Crippen molar-refractivity contribution < 1.29 is 18.7 Å². The van der Waals surface area contributed by atoms with Gasteiger partial charge < -0.3 is 23.7 Å². The third kappa shape index (κ3) is 5.05. The van der Waals surface area contributed by atoms with E-state index < -0.39 is 0 Å². The van der Waals surface area contributed by atoms with Gasteiger partial charge in [-0.15, -0.1) is 10.2 Å². The number of methoxy groups -OCH3 is 2. The zero-order valence-electron chi connectivity index (χ0n) is 17.2. The van der Waals surface area contributed by atoms with Gasteiger partial charge in [0, 0.05) is 50.2 Å². The van der Waals surface area contributed by atoms with Gasteiger partial charge in [0.25, 0.3) is 5.22 Å². The molecule has 1 saturated heterocycles. The Morgan fingerprint density at radius 3 is 2.45 bits per heavy atom. The fraction of sp³-hybridized carbons (Fsp3) is 0.350. The molecular formula is C20H22N6O4S. The van der Waals surface area contributed by atoms with Crippen LogP contribution in [0, 0.1) is 0 Å². The Morgan fingerprint density at radius 2 is 1.81 bits per heavy atom. The lowest BCUT2D eigenvalue weighted by Crippen LogP contribution is -2.49. The van der Waals surface area contributed by atoms with Crippen molar-refractivity contribution >= 4 is 23.5 Å². The molecule has 0 aliphatic carbocycles. The third-order valence-corrected chi connectivity index (χ3v) is 5.63. The highest BCUT2D eigenvalue weighted by atomic mass is 32.2. The highest BCUT2D eigenvalue weighted by molar-refractivity contribution is 7.99. The molecule has 0 bridgehead atoms. The fourth-order valence-electron chi connectivity index (χ4n) is 3.17. The maximum atomic E-state index is 12.6. The number of amides is 1. The second-order valence-corrected chi connectivity index (χ2v) is 7.62. The van der Waals surface area contributed by atoms with E-state index in [4.69, 9.17) is 13.9 Å². The van der Waals surface area contributed by atoms with E-state index in [2.05, 4.69) is 25.1 Å². The van der Waals surface area contributed by atoms with Gasteiger partial charge in [0.1, 0.15) is 17.3 Å². The molecule has 0 saturated carbocycles. The number of rotatable bonds is 7. The Balaban J connectivity index is 1.31. The Labute approximate surface area is 183 Å². The number of benzene rings is 1. The Bertz CT molecular complexity index is 1000. The van der Waals surface area contributed by atoms with Crippen LogP contribution in [0.25, 0.3) is 11.5 Å². The van der Waals surface area contributed by atoms with Crippen molar-refractivity contribution in [1.82, 2.24) is 25.1 Å². The van der Waals surface area contributed by atoms with Crippen molar-refractivity contribution in [2.75, 3.05) is 51.1 Å². The molecule has 11 heteroatoms. The van der Waals surface area contributed by atoms with E-state index in [1.165, 1.54) is 11.8 Å². The average molecular weight is 443 g/mol. The van der Waals surface area contributed by atoms with Gasteiger partial charge in [-0.25, -0.2) is 4.98 Å². The number of thioether (sulfide) groups is 1. The van der Waals surface area contributed by atoms with Crippen LogP contribution >= 0.6 is 11.8 Å². The van der Waals surface area contributed by atoms with Crippen LogP contribution in [0.15, 0.2) is 46.4 Å². The molecule has 0 spiro atoms. The highest BCUT2D eigenvalue weighted by Crippen LogP contribution is 2.30. The lowest BCUT2D eigenvalue weighted by molar-refractivity contribution is -0.128. The average Bonchev–Trinajstić information content (AvgIpc) is 3.32. The fourth-order valence-corrected chi connectivity index (χ4v) is 3.84. The van der Waals surface area contributed by atoms with E-state index in [1.54, 1.807) is 51.0 Å². The van der Waals surface area contributed by atoms with Crippen LogP contribution in [0.5, 0.6) is 11.5 Å². The molecule has 1 amide bonds. The van der Waals surface area contributed by atoms with Crippen LogP contribution in [0.4, 0.5) is 5.82 Å². The molecular weight excluding hydrogens is 420 g/mol. The van der Waals surface area contributed by atoms with Crippen molar-refractivity contribution in [2.24, 2.45) is 0 Å². The van der Waals surface area contributed by atoms with Crippen molar-refractivity contribution in [3.8, 4) is 23.0 Å². The minimum atomic E-state index is 0.0339. The monoisotopic (exact) mass is 442 g/mol. The lowest BCUT2D eigenvalue weighted by atomic mass is 10.2. The van der Waals surface area contributed by atoms with Gasteiger partial charge in [-0.05, 0) is 12.1 Å². The van der Waals surface area contributed by atoms with E-state index >= 15 is 0 Å². The topological polar surface area (TPSA) is 107 Å². The van der Waals surface area contributed by atoms with Gasteiger partial charge in [-0.3, -0.25) is 9.78 Å². The quantitative estimate of drug-likeness (QED) is 0.504. The molecule has 10 nitrogen and oxygen atoms in total. The number of aromatic nitrogens is 4. The van der Waals surface area contributed by atoms with Crippen molar-refractivity contribution in [3.05, 3.63) is 36.8 Å². The minimum absolute atomic E-state index is 0.0339. The summed E-state index contributed by atoms with van der Waals surface area (Å²) >= 11 is 1.22. The van der Waals surface area contributed by atoms with Crippen LogP contribution in [0.3, 0.4) is 0 Å². The number of ether oxygens (including phenoxy) is 2. The molecule has 3 heterocycles. The second kappa shape index (κ2) is 9.65. The van der Waals surface area contributed by atoms with Crippen molar-refractivity contribution in [2.45, 2.75) is 5.22 Å². The predicted octanol–water partition coefficient (Wildman–Crippen LogP) is 1.98. The maximum Gasteiger partial charge on any atom is 0.277 e. The van der Waals surface area contributed by atoms with Gasteiger partial charge >= 0.3 is 0 Å². The molecule has 1 fully saturated rings. The van der Waals surface area contributed by atoms with Crippen LogP contribution in [0.2, 0.25) is 0 Å². The molecule has 1 aliphatic heterocycles. The molecule has 0 atom stereocenters. The number of carbonyl (C=O) groups excluding carboxylic acids is 1. The molecule has 0 unspecified atom stereocenters. The first kappa shape index (κ1) is 20.9. The van der Waals surface area contributed by atoms with E-state index in [1.807, 2.05) is 4.90 Å². The number of hydrogen-bond donors (Lipinski definition) is 0. The molecule has 3 aromatic rings. The van der Waals surface area contributed by atoms with Crippen LogP contribution in [0.1, 0.15) is 0 Å². The first-order chi connectivity index (χ1) is 15.2. The van der Waals surface area contributed by atoms with Crippen molar-refractivity contribution in [1.29, 1.82) is 0 Å². The zero-order chi connectivity index (χ0) is 21.6. The summed E-state index contributed by atoms with van der Waals surface area (Å²) in [5.41, 5.74) is 0.682. The van der Waals surface area contributed by atoms with Gasteiger partial charge in [0.15, 0.2) is 0 Å². The van der Waals surface area contributed by atoms with Crippen LogP contribution in [-0.4, -0.2) is 77.1 Å². The number of anilines is 1. The molecule has 162 valence electrons. The molecule has 1 aromatic carbocycles. The maximum absolute atomic E-state index is 12.6. The standard InChI is InChI=1S/C20H22N6O4S/c1-28-15-9-14(10-16(11-15)29-2)19-23-24-20(30-19)31-13-18(27)26-7-5-25(6-8-26)17-12-21-3-4-22-17/h3-4,9-12H,5-8,13H2,1-2H3. The molecule has 1 aliphatic rings. The smallest absolute Gasteiger partial charge is 0.277 e. The normalized spacial score (nSPS) is 13.9. The largest absolute Gasteiger partial charge is 0.497 e. The third-order valence-electron chi connectivity index (χ3n) is 4.83. The molecule has 31 heavy (non-hydrogen) atoms.